The van der Waals surface area contributed by atoms with Gasteiger partial charge in [0.1, 0.15) is 17.5 Å². The number of carbonyl (C=O) groups is 1. The van der Waals surface area contributed by atoms with Crippen LogP contribution in [0.2, 0.25) is 0 Å². The number of nitrogens with two attached hydrogens (primary N) is 1. The highest BCUT2D eigenvalue weighted by Crippen LogP contribution is 2.37. The maximum Gasteiger partial charge on any atom is 0.339 e. The Balaban J connectivity index is 2.71. The fourth-order valence-electron chi connectivity index (χ4n) is 2.55. The van der Waals surface area contributed by atoms with Gasteiger partial charge in [0.2, 0.25) is 0 Å². The summed E-state index contributed by atoms with van der Waals surface area (Å²) in [5.74, 6) is -0.402. The van der Waals surface area contributed by atoms with Crippen LogP contribution in [0.25, 0.3) is 0 Å². The van der Waals surface area contributed by atoms with Crippen molar-refractivity contribution < 1.29 is 9.53 Å². The molecule has 0 aromatic carbocycles. The summed E-state index contributed by atoms with van der Waals surface area (Å²) in [7, 11) is 1.31. The number of fused-ring (bicyclic) bond motifs is 1. The van der Waals surface area contributed by atoms with Crippen LogP contribution in [0.1, 0.15) is 47.4 Å². The van der Waals surface area contributed by atoms with E-state index in [1.54, 1.807) is 0 Å². The first-order valence-electron chi connectivity index (χ1n) is 6.19. The molecule has 0 bridgehead atoms. The first kappa shape index (κ1) is 13.3. The molecule has 1 heterocycles. The normalized spacial score (nSPS) is 16.3. The first-order chi connectivity index (χ1) is 8.89. The summed E-state index contributed by atoms with van der Waals surface area (Å²) in [6.07, 6.45) is 2.45. The summed E-state index contributed by atoms with van der Waals surface area (Å²) in [4.78, 5) is 16.2. The third-order valence-corrected chi connectivity index (χ3v) is 3.61. The number of hydrogen-bond donors (Lipinski definition) is 1. The largest absolute Gasteiger partial charge is 0.465 e. The maximum atomic E-state index is 12.0. The molecule has 2 N–H and O–H groups in total. The molecule has 0 amide bonds. The molecule has 0 saturated carbocycles. The van der Waals surface area contributed by atoms with Gasteiger partial charge in [-0.25, -0.2) is 9.78 Å². The minimum absolute atomic E-state index is 0.0836. The molecule has 19 heavy (non-hydrogen) atoms. The Bertz CT molecular complexity index is 585. The summed E-state index contributed by atoms with van der Waals surface area (Å²) in [6.45, 7) is 4.28. The van der Waals surface area contributed by atoms with E-state index in [2.05, 4.69) is 18.8 Å². The van der Waals surface area contributed by atoms with Gasteiger partial charge in [-0.15, -0.1) is 0 Å². The van der Waals surface area contributed by atoms with Crippen molar-refractivity contribution in [3.05, 3.63) is 22.4 Å². The van der Waals surface area contributed by atoms with Crippen molar-refractivity contribution in [1.82, 2.24) is 4.98 Å². The van der Waals surface area contributed by atoms with Gasteiger partial charge in [-0.3, -0.25) is 0 Å². The monoisotopic (exact) mass is 259 g/mol. The predicted molar refractivity (Wildman–Crippen MR) is 70.5 cm³/mol. The number of esters is 1. The zero-order valence-corrected chi connectivity index (χ0v) is 11.4. The topological polar surface area (TPSA) is 89.0 Å². The quantitative estimate of drug-likeness (QED) is 0.777. The second-order valence-electron chi connectivity index (χ2n) is 5.62. The van der Waals surface area contributed by atoms with E-state index in [0.29, 0.717) is 12.0 Å². The molecule has 0 spiro atoms. The van der Waals surface area contributed by atoms with Crippen molar-refractivity contribution in [3.63, 3.8) is 0 Å². The Kier molecular flexibility index (Phi) is 3.19. The Hall–Kier alpha value is -2.09. The number of aryl methyl sites for hydroxylation is 1. The molecule has 100 valence electrons. The number of pyridine rings is 1. The van der Waals surface area contributed by atoms with Crippen molar-refractivity contribution in [2.24, 2.45) is 5.41 Å². The molecule has 0 atom stereocenters. The minimum atomic E-state index is -0.514. The highest BCUT2D eigenvalue weighted by Gasteiger charge is 2.32. The van der Waals surface area contributed by atoms with Crippen LogP contribution in [0.3, 0.4) is 0 Å². The lowest BCUT2D eigenvalue weighted by Gasteiger charge is -2.32. The van der Waals surface area contributed by atoms with E-state index in [9.17, 15) is 10.1 Å². The second-order valence-corrected chi connectivity index (χ2v) is 5.62. The molecule has 2 rings (SSSR count). The van der Waals surface area contributed by atoms with E-state index in [1.807, 2.05) is 6.07 Å². The van der Waals surface area contributed by atoms with Crippen LogP contribution in [-0.2, 0) is 17.6 Å². The number of ether oxygens (including phenoxy) is 1. The van der Waals surface area contributed by atoms with Crippen molar-refractivity contribution in [2.75, 3.05) is 12.8 Å². The highest BCUT2D eigenvalue weighted by molar-refractivity contribution is 5.95. The summed E-state index contributed by atoms with van der Waals surface area (Å²) in [5, 5.41) is 9.20. The number of nitrogen functional groups attached to an aromatic ring is 1. The number of hydrogen-bond acceptors (Lipinski definition) is 5. The highest BCUT2D eigenvalue weighted by atomic mass is 16.5. The van der Waals surface area contributed by atoms with Crippen molar-refractivity contribution >= 4 is 11.8 Å². The van der Waals surface area contributed by atoms with Crippen LogP contribution in [0.4, 0.5) is 5.82 Å². The number of nitrogens with zero attached hydrogens (tertiary/aromatic N) is 2. The smallest absolute Gasteiger partial charge is 0.339 e. The molecule has 1 aliphatic rings. The zero-order chi connectivity index (χ0) is 14.2. The van der Waals surface area contributed by atoms with Gasteiger partial charge in [0.05, 0.1) is 12.7 Å². The molecule has 0 fully saturated rings. The second kappa shape index (κ2) is 4.54. The van der Waals surface area contributed by atoms with Gasteiger partial charge in [0.15, 0.2) is 0 Å². The number of anilines is 1. The fraction of sp³-hybridized carbons (Fsp3) is 0.500. The molecule has 0 saturated heterocycles. The average Bonchev–Trinajstić information content (AvgIpc) is 2.36. The van der Waals surface area contributed by atoms with Crippen LogP contribution in [0, 0.1) is 16.7 Å². The molecular formula is C14H17N3O2. The zero-order valence-electron chi connectivity index (χ0n) is 11.4. The molecular weight excluding hydrogens is 242 g/mol. The van der Waals surface area contributed by atoms with Gasteiger partial charge >= 0.3 is 5.97 Å². The van der Waals surface area contributed by atoms with E-state index in [1.165, 1.54) is 7.11 Å². The molecule has 5 nitrogen and oxygen atoms in total. The third kappa shape index (κ3) is 2.26. The summed E-state index contributed by atoms with van der Waals surface area (Å²) in [6, 6.07) is 1.97. The molecule has 0 aliphatic heterocycles. The van der Waals surface area contributed by atoms with Gasteiger partial charge < -0.3 is 10.5 Å². The van der Waals surface area contributed by atoms with Gasteiger partial charge in [0, 0.05) is 5.69 Å². The molecule has 1 aliphatic carbocycles. The van der Waals surface area contributed by atoms with Crippen LogP contribution >= 0.6 is 0 Å². The van der Waals surface area contributed by atoms with Gasteiger partial charge in [-0.1, -0.05) is 13.8 Å². The van der Waals surface area contributed by atoms with Crippen molar-refractivity contribution in [1.29, 1.82) is 5.26 Å². The average molecular weight is 259 g/mol. The molecule has 5 heteroatoms. The molecule has 0 unspecified atom stereocenters. The van der Waals surface area contributed by atoms with Crippen LogP contribution in [0.15, 0.2) is 0 Å². The lowest BCUT2D eigenvalue weighted by molar-refractivity contribution is 0.0597. The minimum Gasteiger partial charge on any atom is -0.465 e. The Morgan fingerprint density at radius 1 is 1.53 bits per heavy atom. The predicted octanol–water partition coefficient (Wildman–Crippen LogP) is 1.84. The summed E-state index contributed by atoms with van der Waals surface area (Å²) >= 11 is 0. The lowest BCUT2D eigenvalue weighted by atomic mass is 9.74. The first-order valence-corrected chi connectivity index (χ1v) is 6.19. The van der Waals surface area contributed by atoms with E-state index >= 15 is 0 Å². The van der Waals surface area contributed by atoms with E-state index < -0.39 is 5.97 Å². The Labute approximate surface area is 112 Å². The third-order valence-electron chi connectivity index (χ3n) is 3.61. The summed E-state index contributed by atoms with van der Waals surface area (Å²) < 4.78 is 4.79. The fourth-order valence-corrected chi connectivity index (χ4v) is 2.55. The van der Waals surface area contributed by atoms with Gasteiger partial charge in [-0.05, 0) is 30.2 Å². The molecule has 1 aromatic heterocycles. The number of methoxy groups -OCH3 is 1. The van der Waals surface area contributed by atoms with E-state index in [-0.39, 0.29) is 16.8 Å². The number of rotatable bonds is 1. The van der Waals surface area contributed by atoms with Crippen molar-refractivity contribution in [3.8, 4) is 6.07 Å². The van der Waals surface area contributed by atoms with Crippen LogP contribution < -0.4 is 5.73 Å². The van der Waals surface area contributed by atoms with Crippen LogP contribution in [0.5, 0.6) is 0 Å². The summed E-state index contributed by atoms with van der Waals surface area (Å²) in [5.41, 5.74) is 7.91. The SMILES string of the molecule is COC(=O)c1c(C#N)c(N)nc2c1CC(C)(C)CC2. The van der Waals surface area contributed by atoms with Crippen LogP contribution in [-0.4, -0.2) is 18.1 Å². The van der Waals surface area contributed by atoms with Gasteiger partial charge in [0.25, 0.3) is 0 Å². The lowest BCUT2D eigenvalue weighted by Crippen LogP contribution is -2.27. The van der Waals surface area contributed by atoms with Crippen molar-refractivity contribution in [2.45, 2.75) is 33.1 Å². The maximum absolute atomic E-state index is 12.0. The Morgan fingerprint density at radius 2 is 2.21 bits per heavy atom. The molecule has 0 radical (unpaired) electrons. The Morgan fingerprint density at radius 3 is 2.79 bits per heavy atom. The van der Waals surface area contributed by atoms with Gasteiger partial charge in [-0.2, -0.15) is 5.26 Å². The van der Waals surface area contributed by atoms with E-state index in [4.69, 9.17) is 10.5 Å². The molecule has 1 aromatic rings. The standard InChI is InChI=1S/C14H17N3O2/c1-14(2)5-4-10-8(6-14)11(13(18)19-3)9(7-15)12(16)17-10/h4-6H2,1-3H3,(H2,16,17). The van der Waals surface area contributed by atoms with E-state index in [0.717, 1.165) is 24.1 Å². The number of nitriles is 1. The number of aromatic nitrogens is 1. The number of carbonyl (C=O) groups excluding carboxylic acids is 1.